The molecule has 136 valence electrons. The summed E-state index contributed by atoms with van der Waals surface area (Å²) in [7, 11) is 0. The monoisotopic (exact) mass is 358 g/mol. The van der Waals surface area contributed by atoms with E-state index in [2.05, 4.69) is 0 Å². The summed E-state index contributed by atoms with van der Waals surface area (Å²) in [6.07, 6.45) is -0.775. The Morgan fingerprint density at radius 2 is 1.12 bits per heavy atom. The van der Waals surface area contributed by atoms with Crippen LogP contribution in [0.5, 0.6) is 0 Å². The Hall–Kier alpha value is -2.11. The Morgan fingerprint density at radius 1 is 0.769 bits per heavy atom. The number of benzene rings is 2. The molecular weight excluding hydrogens is 338 g/mol. The van der Waals surface area contributed by atoms with E-state index in [-0.39, 0.29) is 16.9 Å². The number of carbonyl (C=O) groups is 1. The first-order chi connectivity index (χ1) is 12.4. The molecule has 3 nitrogen and oxygen atoms in total. The average Bonchev–Trinajstić information content (AvgIpc) is 3.55. The first-order valence-electron chi connectivity index (χ1n) is 8.82. The number of ketones is 1. The highest BCUT2D eigenvalue weighted by molar-refractivity contribution is 5.96. The third kappa shape index (κ3) is 2.49. The third-order valence-electron chi connectivity index (χ3n) is 5.93. The Balaban J connectivity index is 1.65. The van der Waals surface area contributed by atoms with Crippen LogP contribution >= 0.6 is 0 Å². The van der Waals surface area contributed by atoms with Gasteiger partial charge in [0.15, 0.2) is 5.78 Å². The molecular formula is C21H20F2O3. The second-order valence-electron chi connectivity index (χ2n) is 7.49. The summed E-state index contributed by atoms with van der Waals surface area (Å²) >= 11 is 0. The zero-order valence-electron chi connectivity index (χ0n) is 14.2. The molecule has 26 heavy (non-hydrogen) atoms. The van der Waals surface area contributed by atoms with Crippen molar-refractivity contribution in [2.75, 3.05) is 0 Å². The van der Waals surface area contributed by atoms with Gasteiger partial charge in [0, 0.05) is 11.1 Å². The second kappa shape index (κ2) is 5.96. The summed E-state index contributed by atoms with van der Waals surface area (Å²) in [6.45, 7) is 0. The van der Waals surface area contributed by atoms with Gasteiger partial charge in [-0.3, -0.25) is 4.79 Å². The standard InChI is InChI=1S/C21H20F2O3/c22-15-7-3-1-5-13(15)17(24)20(9-10-20)19(26)21(11-12-21)18(25)14-6-2-4-8-16(14)23/h1-8,17-18,24-25H,9-12H2. The van der Waals surface area contributed by atoms with E-state index in [1.54, 1.807) is 12.1 Å². The van der Waals surface area contributed by atoms with Crippen molar-refractivity contribution in [3.05, 3.63) is 71.3 Å². The van der Waals surface area contributed by atoms with Crippen LogP contribution in [0.4, 0.5) is 8.78 Å². The van der Waals surface area contributed by atoms with Crippen molar-refractivity contribution in [2.24, 2.45) is 10.8 Å². The minimum absolute atomic E-state index is 0.0922. The van der Waals surface area contributed by atoms with Crippen LogP contribution in [0, 0.1) is 22.5 Å². The van der Waals surface area contributed by atoms with Gasteiger partial charge in [-0.25, -0.2) is 8.78 Å². The van der Waals surface area contributed by atoms with Crippen molar-refractivity contribution in [3.63, 3.8) is 0 Å². The molecule has 2 atom stereocenters. The van der Waals surface area contributed by atoms with Gasteiger partial charge in [-0.1, -0.05) is 36.4 Å². The number of rotatable bonds is 6. The highest BCUT2D eigenvalue weighted by atomic mass is 19.1. The van der Waals surface area contributed by atoms with E-state index in [4.69, 9.17) is 0 Å². The van der Waals surface area contributed by atoms with E-state index in [0.717, 1.165) is 0 Å². The van der Waals surface area contributed by atoms with Crippen molar-refractivity contribution < 1.29 is 23.8 Å². The van der Waals surface area contributed by atoms with E-state index in [1.165, 1.54) is 36.4 Å². The molecule has 0 aliphatic heterocycles. The predicted octanol–water partition coefficient (Wildman–Crippen LogP) is 3.86. The van der Waals surface area contributed by atoms with Gasteiger partial charge >= 0.3 is 0 Å². The van der Waals surface area contributed by atoms with Gasteiger partial charge in [0.2, 0.25) is 0 Å². The number of Topliss-reactive ketones (excluding diaryl/α,β-unsaturated/α-hetero) is 1. The number of aliphatic hydroxyl groups is 2. The van der Waals surface area contributed by atoms with Crippen LogP contribution in [0.15, 0.2) is 48.5 Å². The van der Waals surface area contributed by atoms with Crippen molar-refractivity contribution in [1.82, 2.24) is 0 Å². The SMILES string of the molecule is O=C(C1(C(O)c2ccccc2F)CC1)C1(C(O)c2ccccc2F)CC1. The summed E-state index contributed by atoms with van der Waals surface area (Å²) < 4.78 is 28.2. The molecule has 2 unspecified atom stereocenters. The number of hydrogen-bond acceptors (Lipinski definition) is 3. The molecule has 2 aromatic carbocycles. The Labute approximate surface area is 150 Å². The fourth-order valence-electron chi connectivity index (χ4n) is 4.00. The van der Waals surface area contributed by atoms with Crippen molar-refractivity contribution >= 4 is 5.78 Å². The smallest absolute Gasteiger partial charge is 0.151 e. The Morgan fingerprint density at radius 3 is 1.42 bits per heavy atom. The molecule has 2 saturated carbocycles. The van der Waals surface area contributed by atoms with Crippen LogP contribution in [0.2, 0.25) is 0 Å². The van der Waals surface area contributed by atoms with Gasteiger partial charge < -0.3 is 10.2 Å². The topological polar surface area (TPSA) is 57.5 Å². The van der Waals surface area contributed by atoms with E-state index >= 15 is 0 Å². The van der Waals surface area contributed by atoms with Gasteiger partial charge in [-0.2, -0.15) is 0 Å². The lowest BCUT2D eigenvalue weighted by Gasteiger charge is -2.29. The fourth-order valence-corrected chi connectivity index (χ4v) is 4.00. The second-order valence-corrected chi connectivity index (χ2v) is 7.49. The summed E-state index contributed by atoms with van der Waals surface area (Å²) in [6, 6.07) is 11.7. The van der Waals surface area contributed by atoms with Crippen molar-refractivity contribution in [1.29, 1.82) is 0 Å². The largest absolute Gasteiger partial charge is 0.387 e. The lowest BCUT2D eigenvalue weighted by Crippen LogP contribution is -2.35. The summed E-state index contributed by atoms with van der Waals surface area (Å²) in [4.78, 5) is 13.3. The lowest BCUT2D eigenvalue weighted by atomic mass is 9.77. The summed E-state index contributed by atoms with van der Waals surface area (Å²) in [5.74, 6) is -1.39. The van der Waals surface area contributed by atoms with Crippen LogP contribution in [-0.4, -0.2) is 16.0 Å². The van der Waals surface area contributed by atoms with E-state index in [1.807, 2.05) is 0 Å². The van der Waals surface area contributed by atoms with Gasteiger partial charge in [-0.05, 0) is 37.8 Å². The minimum atomic E-state index is -1.26. The summed E-state index contributed by atoms with van der Waals surface area (Å²) in [5, 5.41) is 21.5. The normalized spacial score (nSPS) is 21.7. The van der Waals surface area contributed by atoms with Crippen molar-refractivity contribution in [3.8, 4) is 0 Å². The maximum absolute atomic E-state index is 14.1. The first-order valence-corrected chi connectivity index (χ1v) is 8.82. The average molecular weight is 358 g/mol. The van der Waals surface area contributed by atoms with Crippen LogP contribution < -0.4 is 0 Å². The van der Waals surface area contributed by atoms with Crippen LogP contribution in [0.3, 0.4) is 0 Å². The van der Waals surface area contributed by atoms with Crippen LogP contribution in [0.25, 0.3) is 0 Å². The highest BCUT2D eigenvalue weighted by Crippen LogP contribution is 2.67. The quantitative estimate of drug-likeness (QED) is 0.824. The van der Waals surface area contributed by atoms with E-state index < -0.39 is 34.7 Å². The highest BCUT2D eigenvalue weighted by Gasteiger charge is 2.67. The maximum atomic E-state index is 14.1. The van der Waals surface area contributed by atoms with Crippen LogP contribution in [0.1, 0.15) is 49.0 Å². The summed E-state index contributed by atoms with van der Waals surface area (Å²) in [5.41, 5.74) is -2.00. The molecule has 0 radical (unpaired) electrons. The minimum Gasteiger partial charge on any atom is -0.387 e. The lowest BCUT2D eigenvalue weighted by molar-refractivity contribution is -0.139. The molecule has 0 spiro atoms. The van der Waals surface area contributed by atoms with Gasteiger partial charge in [-0.15, -0.1) is 0 Å². The van der Waals surface area contributed by atoms with Gasteiger partial charge in [0.1, 0.15) is 11.6 Å². The zero-order chi connectivity index (χ0) is 18.5. The number of aliphatic hydroxyl groups excluding tert-OH is 2. The Bertz CT molecular complexity index is 786. The fraction of sp³-hybridized carbons (Fsp3) is 0.381. The van der Waals surface area contributed by atoms with Gasteiger partial charge in [0.05, 0.1) is 23.0 Å². The third-order valence-corrected chi connectivity index (χ3v) is 5.93. The predicted molar refractivity (Wildman–Crippen MR) is 91.1 cm³/mol. The molecule has 2 aliphatic carbocycles. The van der Waals surface area contributed by atoms with Crippen LogP contribution in [-0.2, 0) is 4.79 Å². The molecule has 0 amide bonds. The molecule has 0 heterocycles. The first kappa shape index (κ1) is 17.3. The maximum Gasteiger partial charge on any atom is 0.151 e. The molecule has 2 N–H and O–H groups in total. The molecule has 4 rings (SSSR count). The number of hydrogen-bond donors (Lipinski definition) is 2. The van der Waals surface area contributed by atoms with E-state index in [9.17, 15) is 23.8 Å². The molecule has 2 aliphatic rings. The van der Waals surface area contributed by atoms with Crippen molar-refractivity contribution in [2.45, 2.75) is 37.9 Å². The van der Waals surface area contributed by atoms with E-state index in [0.29, 0.717) is 25.7 Å². The molecule has 2 fully saturated rings. The Kier molecular flexibility index (Phi) is 3.97. The molecule has 0 bridgehead atoms. The zero-order valence-corrected chi connectivity index (χ0v) is 14.2. The molecule has 5 heteroatoms. The molecule has 0 saturated heterocycles. The molecule has 2 aromatic rings. The number of halogens is 2. The van der Waals surface area contributed by atoms with Gasteiger partial charge in [0.25, 0.3) is 0 Å². The molecule has 0 aromatic heterocycles. The number of carbonyl (C=O) groups excluding carboxylic acids is 1.